The highest BCUT2D eigenvalue weighted by molar-refractivity contribution is 6.17. The molecule has 1 aliphatic rings. The van der Waals surface area contributed by atoms with Crippen LogP contribution in [0.3, 0.4) is 0 Å². The molecule has 1 aliphatic heterocycles. The number of nitrogens with zero attached hydrogens (tertiary/aromatic N) is 1. The van der Waals surface area contributed by atoms with Gasteiger partial charge in [0.15, 0.2) is 0 Å². The van der Waals surface area contributed by atoms with Gasteiger partial charge in [-0.1, -0.05) is 18.2 Å². The van der Waals surface area contributed by atoms with E-state index < -0.39 is 0 Å². The molecule has 2 rings (SSSR count). The second-order valence-corrected chi connectivity index (χ2v) is 4.97. The van der Waals surface area contributed by atoms with E-state index in [4.69, 9.17) is 16.3 Å². The van der Waals surface area contributed by atoms with Gasteiger partial charge in [-0.3, -0.25) is 4.90 Å². The second kappa shape index (κ2) is 6.87. The highest BCUT2D eigenvalue weighted by atomic mass is 35.5. The summed E-state index contributed by atoms with van der Waals surface area (Å²) in [6, 6.07) is 10.0. The van der Waals surface area contributed by atoms with Gasteiger partial charge in [0.25, 0.3) is 0 Å². The average Bonchev–Trinajstić information content (AvgIpc) is 2.79. The van der Waals surface area contributed by atoms with Gasteiger partial charge in [0.2, 0.25) is 0 Å². The molecule has 0 saturated carbocycles. The summed E-state index contributed by atoms with van der Waals surface area (Å²) in [4.78, 5) is 2.47. The molecule has 3 heteroatoms. The summed E-state index contributed by atoms with van der Waals surface area (Å²) in [5.74, 6) is 2.55. The number of alkyl halides is 1. The van der Waals surface area contributed by atoms with Crippen molar-refractivity contribution >= 4 is 11.6 Å². The molecule has 0 radical (unpaired) electrons. The molecule has 17 heavy (non-hydrogen) atoms. The fourth-order valence-corrected chi connectivity index (χ4v) is 2.62. The van der Waals surface area contributed by atoms with Gasteiger partial charge in [0.1, 0.15) is 12.4 Å². The van der Waals surface area contributed by atoms with Crippen LogP contribution in [-0.2, 0) is 0 Å². The monoisotopic (exact) mass is 253 g/mol. The quantitative estimate of drug-likeness (QED) is 0.723. The number of halogens is 1. The Balaban J connectivity index is 1.63. The highest BCUT2D eigenvalue weighted by Gasteiger charge is 2.21. The smallest absolute Gasteiger partial charge is 0.119 e. The minimum atomic E-state index is 0.775. The van der Waals surface area contributed by atoms with E-state index in [2.05, 4.69) is 4.90 Å². The van der Waals surface area contributed by atoms with E-state index in [-0.39, 0.29) is 0 Å². The van der Waals surface area contributed by atoms with Gasteiger partial charge >= 0.3 is 0 Å². The Labute approximate surface area is 109 Å². The zero-order valence-corrected chi connectivity index (χ0v) is 10.9. The largest absolute Gasteiger partial charge is 0.492 e. The predicted octanol–water partition coefficient (Wildman–Crippen LogP) is 3.02. The third-order valence-corrected chi connectivity index (χ3v) is 3.52. The van der Waals surface area contributed by atoms with Gasteiger partial charge in [-0.25, -0.2) is 0 Å². The lowest BCUT2D eigenvalue weighted by Crippen LogP contribution is -2.26. The van der Waals surface area contributed by atoms with Crippen LogP contribution in [0.15, 0.2) is 30.3 Å². The molecule has 1 fully saturated rings. The maximum absolute atomic E-state index is 5.77. The normalized spacial score (nSPS) is 20.6. The molecule has 0 aliphatic carbocycles. The molecule has 0 aromatic heterocycles. The number of benzene rings is 1. The summed E-state index contributed by atoms with van der Waals surface area (Å²) < 4.78 is 5.70. The minimum Gasteiger partial charge on any atom is -0.492 e. The average molecular weight is 254 g/mol. The molecule has 1 unspecified atom stereocenters. The Kier molecular flexibility index (Phi) is 5.14. The molecule has 0 spiro atoms. The topological polar surface area (TPSA) is 12.5 Å². The van der Waals surface area contributed by atoms with Crippen molar-refractivity contribution in [3.05, 3.63) is 30.3 Å². The van der Waals surface area contributed by atoms with Crippen LogP contribution in [0.4, 0.5) is 0 Å². The fourth-order valence-electron chi connectivity index (χ4n) is 2.32. The fraction of sp³-hybridized carbons (Fsp3) is 0.571. The molecule has 1 heterocycles. The highest BCUT2D eigenvalue weighted by Crippen LogP contribution is 2.19. The standard InChI is InChI=1S/C14H20ClNO/c15-8-6-13-7-9-16(12-13)10-11-17-14-4-2-1-3-5-14/h1-5,13H,6-12H2. The number of hydrogen-bond acceptors (Lipinski definition) is 2. The molecule has 94 valence electrons. The molecule has 1 saturated heterocycles. The molecule has 0 amide bonds. The van der Waals surface area contributed by atoms with E-state index in [1.165, 1.54) is 19.5 Å². The maximum Gasteiger partial charge on any atom is 0.119 e. The number of ether oxygens (including phenoxy) is 1. The van der Waals surface area contributed by atoms with Gasteiger partial charge in [-0.15, -0.1) is 11.6 Å². The molecule has 2 nitrogen and oxygen atoms in total. The SMILES string of the molecule is ClCCC1CCN(CCOc2ccccc2)C1. The van der Waals surface area contributed by atoms with Gasteiger partial charge in [-0.2, -0.15) is 0 Å². The number of hydrogen-bond donors (Lipinski definition) is 0. The van der Waals surface area contributed by atoms with Crippen molar-refractivity contribution in [2.75, 3.05) is 32.1 Å². The summed E-state index contributed by atoms with van der Waals surface area (Å²) in [6.07, 6.45) is 2.44. The van der Waals surface area contributed by atoms with Crippen molar-refractivity contribution in [1.29, 1.82) is 0 Å². The zero-order chi connectivity index (χ0) is 11.9. The molecular formula is C14H20ClNO. The van der Waals surface area contributed by atoms with Crippen LogP contribution in [0.2, 0.25) is 0 Å². The van der Waals surface area contributed by atoms with Crippen LogP contribution in [0.5, 0.6) is 5.75 Å². The Bertz CT molecular complexity index is 317. The van der Waals surface area contributed by atoms with Crippen LogP contribution in [0.1, 0.15) is 12.8 Å². The van der Waals surface area contributed by atoms with Gasteiger partial charge < -0.3 is 4.74 Å². The summed E-state index contributed by atoms with van der Waals surface area (Å²) in [5, 5.41) is 0. The molecule has 1 aromatic carbocycles. The van der Waals surface area contributed by atoms with Crippen LogP contribution < -0.4 is 4.74 Å². The van der Waals surface area contributed by atoms with E-state index in [0.717, 1.165) is 37.1 Å². The molecular weight excluding hydrogens is 234 g/mol. The van der Waals surface area contributed by atoms with Crippen molar-refractivity contribution in [2.24, 2.45) is 5.92 Å². The van der Waals surface area contributed by atoms with E-state index >= 15 is 0 Å². The summed E-state index contributed by atoms with van der Waals surface area (Å²) >= 11 is 5.77. The van der Waals surface area contributed by atoms with Crippen molar-refractivity contribution in [1.82, 2.24) is 4.90 Å². The van der Waals surface area contributed by atoms with Gasteiger partial charge in [0, 0.05) is 19.0 Å². The first kappa shape index (κ1) is 12.7. The van der Waals surface area contributed by atoms with Crippen molar-refractivity contribution in [3.63, 3.8) is 0 Å². The Morgan fingerprint density at radius 1 is 1.29 bits per heavy atom. The summed E-state index contributed by atoms with van der Waals surface area (Å²) in [5.41, 5.74) is 0. The number of para-hydroxylation sites is 1. The Morgan fingerprint density at radius 2 is 2.12 bits per heavy atom. The summed E-state index contributed by atoms with van der Waals surface area (Å²) in [7, 11) is 0. The molecule has 0 bridgehead atoms. The Morgan fingerprint density at radius 3 is 2.88 bits per heavy atom. The van der Waals surface area contributed by atoms with Crippen molar-refractivity contribution in [2.45, 2.75) is 12.8 Å². The van der Waals surface area contributed by atoms with Crippen LogP contribution in [0.25, 0.3) is 0 Å². The number of rotatable bonds is 6. The van der Waals surface area contributed by atoms with E-state index in [9.17, 15) is 0 Å². The third kappa shape index (κ3) is 4.21. The zero-order valence-electron chi connectivity index (χ0n) is 10.1. The first-order valence-electron chi connectivity index (χ1n) is 6.34. The maximum atomic E-state index is 5.77. The molecule has 0 N–H and O–H groups in total. The van der Waals surface area contributed by atoms with Crippen LogP contribution in [0, 0.1) is 5.92 Å². The van der Waals surface area contributed by atoms with E-state index in [1.807, 2.05) is 30.3 Å². The van der Waals surface area contributed by atoms with Crippen LogP contribution >= 0.6 is 11.6 Å². The second-order valence-electron chi connectivity index (χ2n) is 4.59. The van der Waals surface area contributed by atoms with Gasteiger partial charge in [0.05, 0.1) is 0 Å². The molecule has 1 aromatic rings. The third-order valence-electron chi connectivity index (χ3n) is 3.31. The first-order chi connectivity index (χ1) is 8.38. The lowest BCUT2D eigenvalue weighted by atomic mass is 10.1. The van der Waals surface area contributed by atoms with Gasteiger partial charge in [-0.05, 0) is 37.4 Å². The van der Waals surface area contributed by atoms with Crippen molar-refractivity contribution < 1.29 is 4.74 Å². The summed E-state index contributed by atoms with van der Waals surface area (Å²) in [6.45, 7) is 4.18. The first-order valence-corrected chi connectivity index (χ1v) is 6.88. The molecule has 1 atom stereocenters. The predicted molar refractivity (Wildman–Crippen MR) is 71.8 cm³/mol. The Hall–Kier alpha value is -0.730. The van der Waals surface area contributed by atoms with Crippen molar-refractivity contribution in [3.8, 4) is 5.75 Å². The van der Waals surface area contributed by atoms with E-state index in [0.29, 0.717) is 0 Å². The van der Waals surface area contributed by atoms with E-state index in [1.54, 1.807) is 0 Å². The lowest BCUT2D eigenvalue weighted by molar-refractivity contribution is 0.232. The minimum absolute atomic E-state index is 0.775. The van der Waals surface area contributed by atoms with Crippen LogP contribution in [-0.4, -0.2) is 37.0 Å². The lowest BCUT2D eigenvalue weighted by Gasteiger charge is -2.16. The number of likely N-dealkylation sites (tertiary alicyclic amines) is 1.